The first-order valence-corrected chi connectivity index (χ1v) is 8.47. The number of benzene rings is 2. The molecule has 0 atom stereocenters. The standard InChI is InChI=1S/C16H16N2O5S/c1-12(19)13-7-9-15(10-8-13)24(22,23)17(2)11-14-5-3-4-6-16(14)18(20)21/h3-10H,11H2,1-2H3. The summed E-state index contributed by atoms with van der Waals surface area (Å²) >= 11 is 0. The van der Waals surface area contributed by atoms with Crippen LogP contribution in [0, 0.1) is 10.1 Å². The smallest absolute Gasteiger partial charge is 0.273 e. The van der Waals surface area contributed by atoms with Crippen molar-refractivity contribution < 1.29 is 18.1 Å². The van der Waals surface area contributed by atoms with Crippen LogP contribution >= 0.6 is 0 Å². The number of hydrogen-bond donors (Lipinski definition) is 0. The average molecular weight is 348 g/mol. The van der Waals surface area contributed by atoms with E-state index in [0.29, 0.717) is 11.1 Å². The lowest BCUT2D eigenvalue weighted by molar-refractivity contribution is -0.385. The molecule has 2 aromatic carbocycles. The maximum absolute atomic E-state index is 12.6. The molecule has 0 N–H and O–H groups in total. The summed E-state index contributed by atoms with van der Waals surface area (Å²) in [5.41, 5.74) is 0.579. The molecule has 0 unspecified atom stereocenters. The number of ketones is 1. The van der Waals surface area contributed by atoms with Crippen LogP contribution in [0.1, 0.15) is 22.8 Å². The SMILES string of the molecule is CC(=O)c1ccc(S(=O)(=O)N(C)Cc2ccccc2[N+](=O)[O-])cc1. The molecule has 7 nitrogen and oxygen atoms in total. The summed E-state index contributed by atoms with van der Waals surface area (Å²) in [5, 5.41) is 11.0. The molecule has 0 aliphatic heterocycles. The highest BCUT2D eigenvalue weighted by atomic mass is 32.2. The molecular weight excluding hydrogens is 332 g/mol. The molecule has 0 bridgehead atoms. The number of nitro groups is 1. The van der Waals surface area contributed by atoms with E-state index < -0.39 is 14.9 Å². The van der Waals surface area contributed by atoms with Crippen molar-refractivity contribution in [3.63, 3.8) is 0 Å². The Morgan fingerprint density at radius 1 is 1.12 bits per heavy atom. The summed E-state index contributed by atoms with van der Waals surface area (Å²) in [7, 11) is -2.47. The van der Waals surface area contributed by atoms with Gasteiger partial charge in [0.2, 0.25) is 10.0 Å². The Bertz CT molecular complexity index is 876. The second kappa shape index (κ2) is 6.90. The lowest BCUT2D eigenvalue weighted by Crippen LogP contribution is -2.26. The zero-order valence-corrected chi connectivity index (χ0v) is 14.0. The third-order valence-electron chi connectivity index (χ3n) is 3.55. The molecule has 0 saturated carbocycles. The second-order valence-corrected chi connectivity index (χ2v) is 7.27. The fourth-order valence-corrected chi connectivity index (χ4v) is 3.34. The van der Waals surface area contributed by atoms with E-state index >= 15 is 0 Å². The lowest BCUT2D eigenvalue weighted by atomic mass is 10.2. The molecular formula is C16H16N2O5S. The average Bonchev–Trinajstić information content (AvgIpc) is 2.55. The van der Waals surface area contributed by atoms with Gasteiger partial charge < -0.3 is 0 Å². The summed E-state index contributed by atoms with van der Waals surface area (Å²) in [6.07, 6.45) is 0. The van der Waals surface area contributed by atoms with Crippen LogP contribution in [0.25, 0.3) is 0 Å². The Morgan fingerprint density at radius 3 is 2.25 bits per heavy atom. The molecule has 0 saturated heterocycles. The summed E-state index contributed by atoms with van der Waals surface area (Å²) < 4.78 is 26.2. The van der Waals surface area contributed by atoms with Crippen LogP contribution in [0.4, 0.5) is 5.69 Å². The Kier molecular flexibility index (Phi) is 5.10. The van der Waals surface area contributed by atoms with Crippen molar-refractivity contribution in [1.29, 1.82) is 0 Å². The van der Waals surface area contributed by atoms with Crippen molar-refractivity contribution >= 4 is 21.5 Å². The van der Waals surface area contributed by atoms with Gasteiger partial charge in [-0.05, 0) is 19.1 Å². The Morgan fingerprint density at radius 2 is 1.71 bits per heavy atom. The van der Waals surface area contributed by atoms with Crippen LogP contribution in [0.2, 0.25) is 0 Å². The summed E-state index contributed by atoms with van der Waals surface area (Å²) in [4.78, 5) is 21.8. The molecule has 126 valence electrons. The maximum Gasteiger partial charge on any atom is 0.273 e. The number of nitro benzene ring substituents is 1. The van der Waals surface area contributed by atoms with Gasteiger partial charge in [0.25, 0.3) is 5.69 Å². The van der Waals surface area contributed by atoms with Crippen LogP contribution in [0.5, 0.6) is 0 Å². The van der Waals surface area contributed by atoms with Crippen molar-refractivity contribution in [3.05, 3.63) is 69.8 Å². The molecule has 0 fully saturated rings. The van der Waals surface area contributed by atoms with Gasteiger partial charge in [0.05, 0.1) is 9.82 Å². The van der Waals surface area contributed by atoms with E-state index in [2.05, 4.69) is 0 Å². The molecule has 0 aromatic heterocycles. The van der Waals surface area contributed by atoms with E-state index in [1.807, 2.05) is 0 Å². The van der Waals surface area contributed by atoms with Gasteiger partial charge in [-0.25, -0.2) is 8.42 Å². The third kappa shape index (κ3) is 3.66. The minimum Gasteiger partial charge on any atom is -0.295 e. The zero-order valence-electron chi connectivity index (χ0n) is 13.2. The molecule has 0 heterocycles. The van der Waals surface area contributed by atoms with Gasteiger partial charge in [-0.3, -0.25) is 14.9 Å². The van der Waals surface area contributed by atoms with E-state index in [1.165, 1.54) is 56.4 Å². The minimum absolute atomic E-state index is 0.0218. The summed E-state index contributed by atoms with van der Waals surface area (Å²) in [6, 6.07) is 11.6. The zero-order chi connectivity index (χ0) is 17.9. The van der Waals surface area contributed by atoms with Crippen molar-refractivity contribution in [2.24, 2.45) is 0 Å². The molecule has 0 aliphatic rings. The number of rotatable bonds is 6. The van der Waals surface area contributed by atoms with Gasteiger partial charge >= 0.3 is 0 Å². The Labute approximate surface area is 139 Å². The first-order valence-electron chi connectivity index (χ1n) is 7.03. The first kappa shape index (κ1) is 17.8. The van der Waals surface area contributed by atoms with Crippen molar-refractivity contribution in [1.82, 2.24) is 4.31 Å². The van der Waals surface area contributed by atoms with E-state index in [1.54, 1.807) is 6.07 Å². The minimum atomic E-state index is -3.82. The molecule has 0 radical (unpaired) electrons. The van der Waals surface area contributed by atoms with Gasteiger partial charge in [-0.1, -0.05) is 30.3 Å². The molecule has 2 rings (SSSR count). The van der Waals surface area contributed by atoms with Gasteiger partial charge in [0.1, 0.15) is 0 Å². The number of para-hydroxylation sites is 1. The number of Topliss-reactive ketones (excluding diaryl/α,β-unsaturated/α-hetero) is 1. The molecule has 24 heavy (non-hydrogen) atoms. The fourth-order valence-electron chi connectivity index (χ4n) is 2.19. The highest BCUT2D eigenvalue weighted by Crippen LogP contribution is 2.22. The number of hydrogen-bond acceptors (Lipinski definition) is 5. The second-order valence-electron chi connectivity index (χ2n) is 5.23. The van der Waals surface area contributed by atoms with Gasteiger partial charge in [0.15, 0.2) is 5.78 Å². The highest BCUT2D eigenvalue weighted by Gasteiger charge is 2.24. The molecule has 0 spiro atoms. The Hall–Kier alpha value is -2.58. The van der Waals surface area contributed by atoms with Gasteiger partial charge in [-0.15, -0.1) is 0 Å². The Balaban J connectivity index is 2.30. The van der Waals surface area contributed by atoms with Crippen LogP contribution in [0.3, 0.4) is 0 Å². The summed E-state index contributed by atoms with van der Waals surface area (Å²) in [6.45, 7) is 1.26. The van der Waals surface area contributed by atoms with Crippen molar-refractivity contribution in [2.45, 2.75) is 18.4 Å². The molecule has 2 aromatic rings. The molecule has 0 aliphatic carbocycles. The van der Waals surface area contributed by atoms with E-state index in [9.17, 15) is 23.3 Å². The monoisotopic (exact) mass is 348 g/mol. The van der Waals surface area contributed by atoms with E-state index in [4.69, 9.17) is 0 Å². The molecule has 0 amide bonds. The van der Waals surface area contributed by atoms with E-state index in [-0.39, 0.29) is 22.9 Å². The highest BCUT2D eigenvalue weighted by molar-refractivity contribution is 7.89. The predicted octanol–water partition coefficient (Wildman–Crippen LogP) is 2.62. The number of sulfonamides is 1. The van der Waals surface area contributed by atoms with Crippen molar-refractivity contribution in [3.8, 4) is 0 Å². The van der Waals surface area contributed by atoms with Gasteiger partial charge in [-0.2, -0.15) is 4.31 Å². The molecule has 8 heteroatoms. The third-order valence-corrected chi connectivity index (χ3v) is 5.37. The topological polar surface area (TPSA) is 97.6 Å². The van der Waals surface area contributed by atoms with Crippen molar-refractivity contribution in [2.75, 3.05) is 7.05 Å². The van der Waals surface area contributed by atoms with E-state index in [0.717, 1.165) is 4.31 Å². The maximum atomic E-state index is 12.6. The van der Waals surface area contributed by atoms with Crippen LogP contribution in [-0.4, -0.2) is 30.5 Å². The normalized spacial score (nSPS) is 11.5. The van der Waals surface area contributed by atoms with Crippen LogP contribution in [-0.2, 0) is 16.6 Å². The number of nitrogens with zero attached hydrogens (tertiary/aromatic N) is 2. The quantitative estimate of drug-likeness (QED) is 0.454. The largest absolute Gasteiger partial charge is 0.295 e. The number of carbonyl (C=O) groups excluding carboxylic acids is 1. The van der Waals surface area contributed by atoms with Crippen LogP contribution < -0.4 is 0 Å². The predicted molar refractivity (Wildman–Crippen MR) is 88.2 cm³/mol. The fraction of sp³-hybridized carbons (Fsp3) is 0.188. The first-order chi connectivity index (χ1) is 11.2. The van der Waals surface area contributed by atoms with Gasteiger partial charge in [0, 0.05) is 30.8 Å². The lowest BCUT2D eigenvalue weighted by Gasteiger charge is -2.17. The van der Waals surface area contributed by atoms with Crippen LogP contribution in [0.15, 0.2) is 53.4 Å². The number of carbonyl (C=O) groups is 1. The summed E-state index contributed by atoms with van der Waals surface area (Å²) in [5.74, 6) is -0.160.